The largest absolute Gasteiger partial charge is 0.465 e. The Balaban J connectivity index is 2.46. The third kappa shape index (κ3) is 4.03. The summed E-state index contributed by atoms with van der Waals surface area (Å²) in [5.74, 6) is -0.206. The van der Waals surface area contributed by atoms with Gasteiger partial charge in [-0.1, -0.05) is 29.8 Å². The third-order valence-corrected chi connectivity index (χ3v) is 2.40. The SMILES string of the molecule is CCOC(=O)CN[C@@H](C)c1cccc(C)c1. The van der Waals surface area contributed by atoms with Crippen molar-refractivity contribution in [3.05, 3.63) is 35.4 Å². The van der Waals surface area contributed by atoms with Crippen LogP contribution >= 0.6 is 0 Å². The number of benzene rings is 1. The van der Waals surface area contributed by atoms with Gasteiger partial charge in [0.25, 0.3) is 0 Å². The molecular formula is C13H19NO2. The van der Waals surface area contributed by atoms with Crippen LogP contribution in [0.2, 0.25) is 0 Å². The standard InChI is InChI=1S/C13H19NO2/c1-4-16-13(15)9-14-11(3)12-7-5-6-10(2)8-12/h5-8,11,14H,4,9H2,1-3H3/t11-/m0/s1. The van der Waals surface area contributed by atoms with Crippen molar-refractivity contribution in [3.63, 3.8) is 0 Å². The Kier molecular flexibility index (Phi) is 4.99. The molecule has 1 rings (SSSR count). The molecule has 0 bridgehead atoms. The van der Waals surface area contributed by atoms with E-state index in [1.165, 1.54) is 11.1 Å². The van der Waals surface area contributed by atoms with Crippen LogP contribution in [0.5, 0.6) is 0 Å². The van der Waals surface area contributed by atoms with Crippen LogP contribution in [-0.4, -0.2) is 19.1 Å². The maximum absolute atomic E-state index is 11.2. The smallest absolute Gasteiger partial charge is 0.319 e. The molecule has 0 spiro atoms. The Bertz CT molecular complexity index is 350. The summed E-state index contributed by atoms with van der Waals surface area (Å²) in [6, 6.07) is 8.40. The van der Waals surface area contributed by atoms with Gasteiger partial charge in [0.05, 0.1) is 13.2 Å². The Hall–Kier alpha value is -1.35. The van der Waals surface area contributed by atoms with Crippen molar-refractivity contribution in [1.29, 1.82) is 0 Å². The lowest BCUT2D eigenvalue weighted by Crippen LogP contribution is -2.27. The highest BCUT2D eigenvalue weighted by Gasteiger charge is 2.07. The van der Waals surface area contributed by atoms with E-state index in [-0.39, 0.29) is 18.6 Å². The van der Waals surface area contributed by atoms with Gasteiger partial charge in [-0.2, -0.15) is 0 Å². The van der Waals surface area contributed by atoms with Crippen LogP contribution in [0.25, 0.3) is 0 Å². The molecule has 3 heteroatoms. The molecule has 1 atom stereocenters. The number of carbonyl (C=O) groups is 1. The van der Waals surface area contributed by atoms with Crippen LogP contribution in [0.1, 0.15) is 31.0 Å². The van der Waals surface area contributed by atoms with Gasteiger partial charge in [-0.3, -0.25) is 4.79 Å². The van der Waals surface area contributed by atoms with E-state index in [9.17, 15) is 4.79 Å². The minimum absolute atomic E-state index is 0.157. The number of aryl methyl sites for hydroxylation is 1. The first-order valence-electron chi connectivity index (χ1n) is 5.59. The second-order valence-electron chi connectivity index (χ2n) is 3.82. The van der Waals surface area contributed by atoms with Crippen molar-refractivity contribution in [2.45, 2.75) is 26.8 Å². The molecule has 0 aliphatic carbocycles. The fourth-order valence-electron chi connectivity index (χ4n) is 1.51. The number of rotatable bonds is 5. The van der Waals surface area contributed by atoms with Gasteiger partial charge in [-0.25, -0.2) is 0 Å². The zero-order valence-corrected chi connectivity index (χ0v) is 10.1. The number of hydrogen-bond acceptors (Lipinski definition) is 3. The second kappa shape index (κ2) is 6.28. The summed E-state index contributed by atoms with van der Waals surface area (Å²) in [6.07, 6.45) is 0. The number of ether oxygens (including phenoxy) is 1. The minimum atomic E-state index is -0.206. The van der Waals surface area contributed by atoms with Crippen LogP contribution < -0.4 is 5.32 Å². The molecule has 0 saturated heterocycles. The van der Waals surface area contributed by atoms with Crippen molar-refractivity contribution in [3.8, 4) is 0 Å². The minimum Gasteiger partial charge on any atom is -0.465 e. The maximum Gasteiger partial charge on any atom is 0.319 e. The highest BCUT2D eigenvalue weighted by Crippen LogP contribution is 2.13. The van der Waals surface area contributed by atoms with E-state index >= 15 is 0 Å². The normalized spacial score (nSPS) is 12.2. The lowest BCUT2D eigenvalue weighted by molar-refractivity contribution is -0.142. The zero-order valence-electron chi connectivity index (χ0n) is 10.1. The van der Waals surface area contributed by atoms with Gasteiger partial charge in [0, 0.05) is 6.04 Å². The summed E-state index contributed by atoms with van der Waals surface area (Å²) in [6.45, 7) is 6.58. The molecule has 3 nitrogen and oxygen atoms in total. The lowest BCUT2D eigenvalue weighted by Gasteiger charge is -2.14. The summed E-state index contributed by atoms with van der Waals surface area (Å²) in [5.41, 5.74) is 2.41. The summed E-state index contributed by atoms with van der Waals surface area (Å²) >= 11 is 0. The Morgan fingerprint density at radius 3 is 2.88 bits per heavy atom. The highest BCUT2D eigenvalue weighted by molar-refractivity contribution is 5.71. The van der Waals surface area contributed by atoms with E-state index in [2.05, 4.69) is 30.4 Å². The van der Waals surface area contributed by atoms with Crippen molar-refractivity contribution in [2.24, 2.45) is 0 Å². The van der Waals surface area contributed by atoms with Gasteiger partial charge in [-0.15, -0.1) is 0 Å². The molecule has 1 N–H and O–H groups in total. The fourth-order valence-corrected chi connectivity index (χ4v) is 1.51. The van der Waals surface area contributed by atoms with E-state index in [0.717, 1.165) is 0 Å². The molecule has 0 aromatic heterocycles. The molecule has 16 heavy (non-hydrogen) atoms. The fraction of sp³-hybridized carbons (Fsp3) is 0.462. The molecule has 1 aromatic carbocycles. The predicted octanol–water partition coefficient (Wildman–Crippen LogP) is 2.21. The molecule has 88 valence electrons. The topological polar surface area (TPSA) is 38.3 Å². The van der Waals surface area contributed by atoms with Gasteiger partial charge in [0.2, 0.25) is 0 Å². The van der Waals surface area contributed by atoms with Crippen molar-refractivity contribution in [1.82, 2.24) is 5.32 Å². The zero-order chi connectivity index (χ0) is 12.0. The van der Waals surface area contributed by atoms with E-state index in [1.807, 2.05) is 19.9 Å². The molecule has 0 fully saturated rings. The van der Waals surface area contributed by atoms with E-state index < -0.39 is 0 Å². The van der Waals surface area contributed by atoms with Gasteiger partial charge in [0.1, 0.15) is 0 Å². The highest BCUT2D eigenvalue weighted by atomic mass is 16.5. The van der Waals surface area contributed by atoms with E-state index in [0.29, 0.717) is 6.61 Å². The molecule has 0 radical (unpaired) electrons. The summed E-state index contributed by atoms with van der Waals surface area (Å²) in [4.78, 5) is 11.2. The average molecular weight is 221 g/mol. The number of hydrogen-bond donors (Lipinski definition) is 1. The lowest BCUT2D eigenvalue weighted by atomic mass is 10.1. The molecule has 0 saturated carbocycles. The average Bonchev–Trinajstić information content (AvgIpc) is 2.26. The second-order valence-corrected chi connectivity index (χ2v) is 3.82. The Labute approximate surface area is 96.8 Å². The van der Waals surface area contributed by atoms with Crippen molar-refractivity contribution < 1.29 is 9.53 Å². The maximum atomic E-state index is 11.2. The first-order valence-corrected chi connectivity index (χ1v) is 5.59. The van der Waals surface area contributed by atoms with Crippen LogP contribution in [0, 0.1) is 6.92 Å². The predicted molar refractivity (Wildman–Crippen MR) is 64.2 cm³/mol. The number of carbonyl (C=O) groups excluding carboxylic acids is 1. The van der Waals surface area contributed by atoms with E-state index in [1.54, 1.807) is 0 Å². The Morgan fingerprint density at radius 2 is 2.25 bits per heavy atom. The number of nitrogens with one attached hydrogen (secondary N) is 1. The summed E-state index contributed by atoms with van der Waals surface area (Å²) in [5, 5.41) is 3.14. The summed E-state index contributed by atoms with van der Waals surface area (Å²) in [7, 11) is 0. The first kappa shape index (κ1) is 12.7. The molecule has 0 aliphatic rings. The first-order chi connectivity index (χ1) is 7.63. The van der Waals surface area contributed by atoms with Gasteiger partial charge in [-0.05, 0) is 26.3 Å². The third-order valence-electron chi connectivity index (χ3n) is 2.40. The molecular weight excluding hydrogens is 202 g/mol. The van der Waals surface area contributed by atoms with E-state index in [4.69, 9.17) is 4.74 Å². The quantitative estimate of drug-likeness (QED) is 0.775. The number of esters is 1. The van der Waals surface area contributed by atoms with Crippen LogP contribution in [0.3, 0.4) is 0 Å². The molecule has 0 aliphatic heterocycles. The van der Waals surface area contributed by atoms with Gasteiger partial charge in [0.15, 0.2) is 0 Å². The monoisotopic (exact) mass is 221 g/mol. The van der Waals surface area contributed by atoms with Crippen LogP contribution in [0.15, 0.2) is 24.3 Å². The van der Waals surface area contributed by atoms with Crippen LogP contribution in [0.4, 0.5) is 0 Å². The van der Waals surface area contributed by atoms with Gasteiger partial charge >= 0.3 is 5.97 Å². The summed E-state index contributed by atoms with van der Waals surface area (Å²) < 4.78 is 4.85. The van der Waals surface area contributed by atoms with Crippen molar-refractivity contribution in [2.75, 3.05) is 13.2 Å². The van der Waals surface area contributed by atoms with Gasteiger partial charge < -0.3 is 10.1 Å². The molecule has 0 heterocycles. The molecule has 1 aromatic rings. The van der Waals surface area contributed by atoms with Crippen molar-refractivity contribution >= 4 is 5.97 Å². The Morgan fingerprint density at radius 1 is 1.50 bits per heavy atom. The molecule has 0 unspecified atom stereocenters. The molecule has 0 amide bonds. The van der Waals surface area contributed by atoms with Crippen LogP contribution in [-0.2, 0) is 9.53 Å².